The van der Waals surface area contributed by atoms with E-state index >= 15 is 0 Å². The fourth-order valence-corrected chi connectivity index (χ4v) is 3.56. The number of nitrogens with one attached hydrogen (secondary N) is 1. The largest absolute Gasteiger partial charge is 0.322 e. The molecule has 138 valence electrons. The van der Waals surface area contributed by atoms with Crippen molar-refractivity contribution in [2.24, 2.45) is 0 Å². The average molecular weight is 417 g/mol. The van der Waals surface area contributed by atoms with E-state index in [0.717, 1.165) is 18.7 Å². The number of carbonyl (C=O) groups excluding carboxylic acids is 1. The van der Waals surface area contributed by atoms with Crippen LogP contribution in [0, 0.1) is 5.82 Å². The molecular formula is C18H17Cl3FN3O. The molecule has 26 heavy (non-hydrogen) atoms. The molecule has 4 nitrogen and oxygen atoms in total. The minimum atomic E-state index is -0.418. The maximum absolute atomic E-state index is 13.2. The van der Waals surface area contributed by atoms with Gasteiger partial charge in [-0.3, -0.25) is 4.90 Å². The second-order valence-electron chi connectivity index (χ2n) is 6.10. The number of piperazine rings is 1. The van der Waals surface area contributed by atoms with Gasteiger partial charge in [0.1, 0.15) is 5.82 Å². The molecule has 1 aliphatic heterocycles. The number of benzene rings is 2. The molecule has 0 unspecified atom stereocenters. The number of urea groups is 1. The van der Waals surface area contributed by atoms with Crippen molar-refractivity contribution in [2.45, 2.75) is 6.54 Å². The molecule has 0 aliphatic carbocycles. The lowest BCUT2D eigenvalue weighted by Gasteiger charge is -2.34. The highest BCUT2D eigenvalue weighted by Crippen LogP contribution is 2.23. The van der Waals surface area contributed by atoms with Gasteiger partial charge in [0.25, 0.3) is 0 Å². The molecule has 0 spiro atoms. The third kappa shape index (κ3) is 5.01. The quantitative estimate of drug-likeness (QED) is 0.752. The first-order chi connectivity index (χ1) is 12.4. The minimum Gasteiger partial charge on any atom is -0.322 e. The van der Waals surface area contributed by atoms with Crippen molar-refractivity contribution in [3.63, 3.8) is 0 Å². The van der Waals surface area contributed by atoms with Crippen LogP contribution < -0.4 is 5.32 Å². The number of hydrogen-bond donors (Lipinski definition) is 1. The number of halogens is 4. The Balaban J connectivity index is 1.52. The first kappa shape index (κ1) is 19.2. The van der Waals surface area contributed by atoms with Crippen molar-refractivity contribution in [1.29, 1.82) is 0 Å². The first-order valence-electron chi connectivity index (χ1n) is 8.09. The van der Waals surface area contributed by atoms with Crippen LogP contribution in [0.4, 0.5) is 14.9 Å². The van der Waals surface area contributed by atoms with Gasteiger partial charge in [-0.05, 0) is 35.9 Å². The Kier molecular flexibility index (Phi) is 6.24. The van der Waals surface area contributed by atoms with Gasteiger partial charge in [-0.1, -0.05) is 40.9 Å². The van der Waals surface area contributed by atoms with E-state index in [-0.39, 0.29) is 11.1 Å². The van der Waals surface area contributed by atoms with Gasteiger partial charge in [0.2, 0.25) is 0 Å². The Morgan fingerprint density at radius 3 is 2.27 bits per heavy atom. The molecule has 1 heterocycles. The highest BCUT2D eigenvalue weighted by atomic mass is 35.5. The van der Waals surface area contributed by atoms with Crippen molar-refractivity contribution >= 4 is 46.5 Å². The van der Waals surface area contributed by atoms with Crippen LogP contribution in [0.25, 0.3) is 0 Å². The van der Waals surface area contributed by atoms with Gasteiger partial charge in [-0.15, -0.1) is 0 Å². The van der Waals surface area contributed by atoms with Crippen molar-refractivity contribution in [3.05, 3.63) is 62.8 Å². The van der Waals surface area contributed by atoms with E-state index in [9.17, 15) is 9.18 Å². The predicted octanol–water partition coefficient (Wildman–Crippen LogP) is 5.14. The molecule has 0 atom stereocenters. The van der Waals surface area contributed by atoms with Gasteiger partial charge in [-0.25, -0.2) is 9.18 Å². The second-order valence-corrected chi connectivity index (χ2v) is 7.38. The third-order valence-corrected chi connectivity index (χ3v) is 4.89. The molecule has 2 aromatic rings. The van der Waals surface area contributed by atoms with E-state index in [0.29, 0.717) is 35.4 Å². The highest BCUT2D eigenvalue weighted by molar-refractivity contribution is 6.35. The standard InChI is InChI=1S/C18H17Cl3FN3O/c19-13-8-14(20)10-15(9-13)23-18(26)25-5-3-24(4-6-25)11-12-1-2-17(22)16(21)7-12/h1-2,7-10H,3-6,11H2,(H,23,26). The number of rotatable bonds is 3. The summed E-state index contributed by atoms with van der Waals surface area (Å²) in [5.74, 6) is -0.418. The number of anilines is 1. The molecule has 3 rings (SSSR count). The predicted molar refractivity (Wildman–Crippen MR) is 104 cm³/mol. The maximum atomic E-state index is 13.2. The second kappa shape index (κ2) is 8.44. The van der Waals surface area contributed by atoms with Gasteiger partial charge in [0, 0.05) is 48.5 Å². The molecule has 2 aromatic carbocycles. The summed E-state index contributed by atoms with van der Waals surface area (Å²) in [6, 6.07) is 9.46. The number of carbonyl (C=O) groups is 1. The molecule has 0 radical (unpaired) electrons. The van der Waals surface area contributed by atoms with Gasteiger partial charge < -0.3 is 10.2 Å². The smallest absolute Gasteiger partial charge is 0.321 e. The zero-order valence-electron chi connectivity index (χ0n) is 13.8. The zero-order valence-corrected chi connectivity index (χ0v) is 16.1. The number of nitrogens with zero attached hydrogens (tertiary/aromatic N) is 2. The minimum absolute atomic E-state index is 0.126. The van der Waals surface area contributed by atoms with E-state index in [4.69, 9.17) is 34.8 Å². The van der Waals surface area contributed by atoms with Gasteiger partial charge >= 0.3 is 6.03 Å². The van der Waals surface area contributed by atoms with Gasteiger partial charge in [0.05, 0.1) is 5.02 Å². The van der Waals surface area contributed by atoms with Crippen molar-refractivity contribution in [3.8, 4) is 0 Å². The van der Waals surface area contributed by atoms with Crippen LogP contribution >= 0.6 is 34.8 Å². The Morgan fingerprint density at radius 2 is 1.65 bits per heavy atom. The topological polar surface area (TPSA) is 35.6 Å². The van der Waals surface area contributed by atoms with E-state index in [1.807, 2.05) is 0 Å². The van der Waals surface area contributed by atoms with Crippen molar-refractivity contribution in [1.82, 2.24) is 9.80 Å². The van der Waals surface area contributed by atoms with E-state index in [1.165, 1.54) is 6.07 Å². The highest BCUT2D eigenvalue weighted by Gasteiger charge is 2.21. The van der Waals surface area contributed by atoms with Crippen LogP contribution in [0.3, 0.4) is 0 Å². The fraction of sp³-hybridized carbons (Fsp3) is 0.278. The zero-order chi connectivity index (χ0) is 18.7. The Labute approximate surface area is 166 Å². The average Bonchev–Trinajstić information content (AvgIpc) is 2.58. The molecule has 0 saturated carbocycles. The number of amides is 2. The lowest BCUT2D eigenvalue weighted by Crippen LogP contribution is -2.49. The molecule has 1 aliphatic rings. The van der Waals surface area contributed by atoms with Crippen molar-refractivity contribution in [2.75, 3.05) is 31.5 Å². The molecule has 2 amide bonds. The summed E-state index contributed by atoms with van der Waals surface area (Å²) in [7, 11) is 0. The molecule has 1 saturated heterocycles. The SMILES string of the molecule is O=C(Nc1cc(Cl)cc(Cl)c1)N1CCN(Cc2ccc(F)c(Cl)c2)CC1. The normalized spacial score (nSPS) is 15.2. The molecule has 1 fully saturated rings. The Morgan fingerprint density at radius 1 is 1.00 bits per heavy atom. The Bertz CT molecular complexity index is 790. The van der Waals surface area contributed by atoms with Crippen LogP contribution in [0.15, 0.2) is 36.4 Å². The monoisotopic (exact) mass is 415 g/mol. The lowest BCUT2D eigenvalue weighted by atomic mass is 10.2. The summed E-state index contributed by atoms with van der Waals surface area (Å²) < 4.78 is 13.2. The van der Waals surface area contributed by atoms with Gasteiger partial charge in [-0.2, -0.15) is 0 Å². The third-order valence-electron chi connectivity index (χ3n) is 4.16. The van der Waals surface area contributed by atoms with Crippen molar-refractivity contribution < 1.29 is 9.18 Å². The number of hydrogen-bond acceptors (Lipinski definition) is 2. The lowest BCUT2D eigenvalue weighted by molar-refractivity contribution is 0.143. The van der Waals surface area contributed by atoms with Crippen LogP contribution in [-0.4, -0.2) is 42.0 Å². The summed E-state index contributed by atoms with van der Waals surface area (Å²) in [6.45, 7) is 3.29. The van der Waals surface area contributed by atoms with Gasteiger partial charge in [0.15, 0.2) is 0 Å². The summed E-state index contributed by atoms with van der Waals surface area (Å²) >= 11 is 17.7. The van der Waals surface area contributed by atoms with Crippen LogP contribution in [-0.2, 0) is 6.54 Å². The molecule has 0 bridgehead atoms. The van der Waals surface area contributed by atoms with E-state index < -0.39 is 5.82 Å². The van der Waals surface area contributed by atoms with Crippen LogP contribution in [0.1, 0.15) is 5.56 Å². The molecular weight excluding hydrogens is 400 g/mol. The summed E-state index contributed by atoms with van der Waals surface area (Å²) in [5, 5.41) is 3.87. The first-order valence-corrected chi connectivity index (χ1v) is 9.22. The molecule has 1 N–H and O–H groups in total. The Hall–Kier alpha value is -1.53. The van der Waals surface area contributed by atoms with E-state index in [1.54, 1.807) is 35.2 Å². The molecule has 8 heteroatoms. The molecule has 0 aromatic heterocycles. The maximum Gasteiger partial charge on any atom is 0.321 e. The summed E-state index contributed by atoms with van der Waals surface area (Å²) in [6.07, 6.45) is 0. The van der Waals surface area contributed by atoms with E-state index in [2.05, 4.69) is 10.2 Å². The fourth-order valence-electron chi connectivity index (χ4n) is 2.83. The van der Waals surface area contributed by atoms with Crippen LogP contribution in [0.2, 0.25) is 15.1 Å². The summed E-state index contributed by atoms with van der Waals surface area (Å²) in [4.78, 5) is 16.3. The van der Waals surface area contributed by atoms with Crippen LogP contribution in [0.5, 0.6) is 0 Å². The summed E-state index contributed by atoms with van der Waals surface area (Å²) in [5.41, 5.74) is 1.51.